The number of hydrogen-bond acceptors (Lipinski definition) is 6. The molecule has 0 bridgehead atoms. The zero-order valence-electron chi connectivity index (χ0n) is 15.4. The molecular weight excluding hydrogens is 403 g/mol. The lowest BCUT2D eigenvalue weighted by atomic mass is 10.1. The summed E-state index contributed by atoms with van der Waals surface area (Å²) in [4.78, 5) is 20.5. The third-order valence-corrected chi connectivity index (χ3v) is 3.75. The molecule has 1 aromatic heterocycles. The molecule has 0 saturated heterocycles. The summed E-state index contributed by atoms with van der Waals surface area (Å²) in [6.45, 7) is -0.0708. The van der Waals surface area contributed by atoms with Crippen molar-refractivity contribution in [2.24, 2.45) is 0 Å². The standard InChI is InChI=1S/C20H16F3N3O4/c21-20(22,23)30-17-6-4-16(5-7-17)26-18(28)14-3-1-2-13(10-14)15-11-24-19(25-12-15)29-9-8-27/h1-7,10-12,27H,8-9H2,(H,26,28). The number of benzene rings is 2. The van der Waals surface area contributed by atoms with Gasteiger partial charge in [0, 0.05) is 29.2 Å². The highest BCUT2D eigenvalue weighted by molar-refractivity contribution is 6.04. The number of ether oxygens (including phenoxy) is 2. The summed E-state index contributed by atoms with van der Waals surface area (Å²) in [6, 6.07) is 11.6. The Labute approximate surface area is 169 Å². The number of carbonyl (C=O) groups is 1. The van der Waals surface area contributed by atoms with Crippen LogP contribution in [0.1, 0.15) is 10.4 Å². The van der Waals surface area contributed by atoms with Crippen LogP contribution in [-0.4, -0.2) is 40.6 Å². The highest BCUT2D eigenvalue weighted by Gasteiger charge is 2.30. The lowest BCUT2D eigenvalue weighted by Gasteiger charge is -2.10. The van der Waals surface area contributed by atoms with Gasteiger partial charge in [0.2, 0.25) is 0 Å². The first-order valence-electron chi connectivity index (χ1n) is 8.67. The van der Waals surface area contributed by atoms with Crippen LogP contribution in [0.2, 0.25) is 0 Å². The first kappa shape index (κ1) is 21.1. The molecule has 0 unspecified atom stereocenters. The molecule has 10 heteroatoms. The Balaban J connectivity index is 1.68. The SMILES string of the molecule is O=C(Nc1ccc(OC(F)(F)F)cc1)c1cccc(-c2cnc(OCCO)nc2)c1. The van der Waals surface area contributed by atoms with E-state index in [1.54, 1.807) is 24.3 Å². The summed E-state index contributed by atoms with van der Waals surface area (Å²) < 4.78 is 45.5. The molecule has 0 aliphatic carbocycles. The van der Waals surface area contributed by atoms with Crippen molar-refractivity contribution in [2.45, 2.75) is 6.36 Å². The van der Waals surface area contributed by atoms with Gasteiger partial charge in [0.15, 0.2) is 0 Å². The summed E-state index contributed by atoms with van der Waals surface area (Å²) in [5.74, 6) is -0.820. The number of rotatable bonds is 7. The molecule has 3 aromatic rings. The van der Waals surface area contributed by atoms with Gasteiger partial charge in [-0.3, -0.25) is 4.79 Å². The smallest absolute Gasteiger partial charge is 0.461 e. The molecule has 0 radical (unpaired) electrons. The van der Waals surface area contributed by atoms with Crippen molar-refractivity contribution < 1.29 is 32.5 Å². The fourth-order valence-corrected chi connectivity index (χ4v) is 2.46. The molecule has 0 spiro atoms. The maximum absolute atomic E-state index is 12.5. The highest BCUT2D eigenvalue weighted by Crippen LogP contribution is 2.25. The molecular formula is C20H16F3N3O4. The van der Waals surface area contributed by atoms with E-state index in [4.69, 9.17) is 9.84 Å². The molecule has 7 nitrogen and oxygen atoms in total. The monoisotopic (exact) mass is 419 g/mol. The van der Waals surface area contributed by atoms with E-state index in [1.165, 1.54) is 24.5 Å². The van der Waals surface area contributed by atoms with E-state index in [2.05, 4.69) is 20.0 Å². The van der Waals surface area contributed by atoms with Gasteiger partial charge in [-0.1, -0.05) is 12.1 Å². The maximum Gasteiger partial charge on any atom is 0.573 e. The molecule has 30 heavy (non-hydrogen) atoms. The van der Waals surface area contributed by atoms with Gasteiger partial charge in [-0.05, 0) is 42.0 Å². The Morgan fingerprint density at radius 2 is 1.73 bits per heavy atom. The van der Waals surface area contributed by atoms with E-state index in [-0.39, 0.29) is 25.0 Å². The van der Waals surface area contributed by atoms with Gasteiger partial charge in [0.25, 0.3) is 5.91 Å². The van der Waals surface area contributed by atoms with E-state index in [1.807, 2.05) is 0 Å². The van der Waals surface area contributed by atoms with Crippen LogP contribution in [0.25, 0.3) is 11.1 Å². The molecule has 1 heterocycles. The molecule has 3 rings (SSSR count). The number of hydrogen-bond donors (Lipinski definition) is 2. The molecule has 2 aromatic carbocycles. The Hall–Kier alpha value is -3.66. The number of alkyl halides is 3. The summed E-state index contributed by atoms with van der Waals surface area (Å²) in [5, 5.41) is 11.3. The van der Waals surface area contributed by atoms with Crippen LogP contribution in [0.5, 0.6) is 11.8 Å². The van der Waals surface area contributed by atoms with Crippen molar-refractivity contribution >= 4 is 11.6 Å². The van der Waals surface area contributed by atoms with Gasteiger partial charge in [-0.2, -0.15) is 0 Å². The Morgan fingerprint density at radius 1 is 1.03 bits per heavy atom. The average Bonchev–Trinajstić information content (AvgIpc) is 2.73. The van der Waals surface area contributed by atoms with Gasteiger partial charge in [-0.15, -0.1) is 13.2 Å². The maximum atomic E-state index is 12.5. The van der Waals surface area contributed by atoms with E-state index in [0.29, 0.717) is 22.4 Å². The Bertz CT molecular complexity index is 993. The van der Waals surface area contributed by atoms with Gasteiger partial charge in [-0.25, -0.2) is 9.97 Å². The van der Waals surface area contributed by atoms with Crippen molar-refractivity contribution in [1.29, 1.82) is 0 Å². The van der Waals surface area contributed by atoms with Crippen molar-refractivity contribution in [1.82, 2.24) is 9.97 Å². The normalized spacial score (nSPS) is 11.1. The van der Waals surface area contributed by atoms with E-state index >= 15 is 0 Å². The molecule has 0 aliphatic rings. The van der Waals surface area contributed by atoms with Crippen molar-refractivity contribution in [3.05, 3.63) is 66.5 Å². The number of aliphatic hydroxyl groups excluding tert-OH is 1. The minimum absolute atomic E-state index is 0.0817. The molecule has 0 atom stereocenters. The minimum Gasteiger partial charge on any atom is -0.461 e. The van der Waals surface area contributed by atoms with Crippen molar-refractivity contribution in [3.63, 3.8) is 0 Å². The molecule has 0 fully saturated rings. The summed E-state index contributed by atoms with van der Waals surface area (Å²) in [5.41, 5.74) is 1.98. The van der Waals surface area contributed by atoms with Gasteiger partial charge >= 0.3 is 12.4 Å². The number of nitrogens with zero attached hydrogens (tertiary/aromatic N) is 2. The Kier molecular flexibility index (Phi) is 6.48. The fraction of sp³-hybridized carbons (Fsp3) is 0.150. The summed E-state index contributed by atoms with van der Waals surface area (Å²) in [7, 11) is 0. The van der Waals surface area contributed by atoms with Crippen LogP contribution in [-0.2, 0) is 0 Å². The fourth-order valence-electron chi connectivity index (χ4n) is 2.46. The topological polar surface area (TPSA) is 93.6 Å². The zero-order valence-corrected chi connectivity index (χ0v) is 15.4. The lowest BCUT2D eigenvalue weighted by molar-refractivity contribution is -0.274. The summed E-state index contributed by atoms with van der Waals surface area (Å²) in [6.07, 6.45) is -1.73. The van der Waals surface area contributed by atoms with E-state index < -0.39 is 12.3 Å². The van der Waals surface area contributed by atoms with Crippen LogP contribution in [0.15, 0.2) is 60.9 Å². The Morgan fingerprint density at radius 3 is 2.37 bits per heavy atom. The third-order valence-electron chi connectivity index (χ3n) is 3.75. The van der Waals surface area contributed by atoms with E-state index in [0.717, 1.165) is 12.1 Å². The largest absolute Gasteiger partial charge is 0.573 e. The second-order valence-corrected chi connectivity index (χ2v) is 5.93. The van der Waals surface area contributed by atoms with E-state index in [9.17, 15) is 18.0 Å². The van der Waals surface area contributed by atoms with Crippen LogP contribution < -0.4 is 14.8 Å². The van der Waals surface area contributed by atoms with Gasteiger partial charge < -0.3 is 19.9 Å². The third kappa shape index (κ3) is 5.92. The van der Waals surface area contributed by atoms with Gasteiger partial charge in [0.05, 0.1) is 6.61 Å². The lowest BCUT2D eigenvalue weighted by Crippen LogP contribution is -2.17. The van der Waals surface area contributed by atoms with Crippen molar-refractivity contribution in [2.75, 3.05) is 18.5 Å². The summed E-state index contributed by atoms with van der Waals surface area (Å²) >= 11 is 0. The minimum atomic E-state index is -4.78. The first-order chi connectivity index (χ1) is 14.3. The molecule has 0 aliphatic heterocycles. The number of amides is 1. The average molecular weight is 419 g/mol. The first-order valence-corrected chi connectivity index (χ1v) is 8.67. The number of halogens is 3. The quantitative estimate of drug-likeness (QED) is 0.607. The van der Waals surface area contributed by atoms with Crippen LogP contribution in [0.4, 0.5) is 18.9 Å². The number of carbonyl (C=O) groups excluding carboxylic acids is 1. The molecule has 1 amide bonds. The van der Waals surface area contributed by atoms with Crippen LogP contribution >= 0.6 is 0 Å². The van der Waals surface area contributed by atoms with Crippen molar-refractivity contribution in [3.8, 4) is 22.9 Å². The number of aliphatic hydroxyl groups is 1. The molecule has 156 valence electrons. The number of aromatic nitrogens is 2. The highest BCUT2D eigenvalue weighted by atomic mass is 19.4. The second-order valence-electron chi connectivity index (χ2n) is 5.93. The molecule has 2 N–H and O–H groups in total. The predicted molar refractivity (Wildman–Crippen MR) is 101 cm³/mol. The van der Waals surface area contributed by atoms with Crippen LogP contribution in [0.3, 0.4) is 0 Å². The molecule has 0 saturated carbocycles. The second kappa shape index (κ2) is 9.23. The predicted octanol–water partition coefficient (Wildman–Crippen LogP) is 3.67. The van der Waals surface area contributed by atoms with Gasteiger partial charge in [0.1, 0.15) is 12.4 Å². The van der Waals surface area contributed by atoms with Crippen LogP contribution in [0, 0.1) is 0 Å². The number of nitrogens with one attached hydrogen (secondary N) is 1. The number of anilines is 1. The zero-order chi connectivity index (χ0) is 21.6.